The molecule has 2 atom stereocenters. The summed E-state index contributed by atoms with van der Waals surface area (Å²) in [5, 5.41) is 18.5. The van der Waals surface area contributed by atoms with Crippen LogP contribution in [0.4, 0.5) is 4.79 Å². The van der Waals surface area contributed by atoms with Crippen LogP contribution in [0.25, 0.3) is 0 Å². The van der Waals surface area contributed by atoms with E-state index in [4.69, 9.17) is 15.6 Å². The van der Waals surface area contributed by atoms with Crippen LogP contribution >= 0.6 is 0 Å². The van der Waals surface area contributed by atoms with E-state index in [9.17, 15) is 9.90 Å². The van der Waals surface area contributed by atoms with Gasteiger partial charge in [-0.05, 0) is 25.2 Å². The van der Waals surface area contributed by atoms with Crippen LogP contribution in [0.2, 0.25) is 0 Å². The lowest BCUT2D eigenvalue weighted by atomic mass is 9.90. The van der Waals surface area contributed by atoms with Gasteiger partial charge in [0, 0.05) is 26.3 Å². The van der Waals surface area contributed by atoms with Crippen molar-refractivity contribution in [1.82, 2.24) is 4.90 Å². The zero-order valence-corrected chi connectivity index (χ0v) is 10.2. The van der Waals surface area contributed by atoms with E-state index in [1.165, 1.54) is 7.05 Å². The Balaban J connectivity index is 2.30. The summed E-state index contributed by atoms with van der Waals surface area (Å²) in [6.45, 7) is 1.56. The van der Waals surface area contributed by atoms with Gasteiger partial charge < -0.3 is 25.6 Å². The predicted molar refractivity (Wildman–Crippen MR) is 62.8 cm³/mol. The third-order valence-electron chi connectivity index (χ3n) is 3.23. The maximum absolute atomic E-state index is 10.6. The zero-order valence-electron chi connectivity index (χ0n) is 10.2. The molecule has 1 heterocycles. The van der Waals surface area contributed by atoms with Crippen LogP contribution < -0.4 is 5.73 Å². The van der Waals surface area contributed by atoms with Crippen LogP contribution in [-0.2, 0) is 4.74 Å². The van der Waals surface area contributed by atoms with Crippen molar-refractivity contribution in [2.75, 3.05) is 26.8 Å². The average Bonchev–Trinajstić information content (AvgIpc) is 2.29. The Kier molecular flexibility index (Phi) is 5.67. The molecule has 0 unspecified atom stereocenters. The molecule has 1 amide bonds. The number of nitrogens with two attached hydrogens (primary N) is 1. The second kappa shape index (κ2) is 6.78. The molecule has 0 spiro atoms. The van der Waals surface area contributed by atoms with Crippen LogP contribution in [-0.4, -0.2) is 60.2 Å². The highest BCUT2D eigenvalue weighted by molar-refractivity contribution is 5.64. The first-order valence-electron chi connectivity index (χ1n) is 5.96. The standard InChI is InChI=1S/C11H22N2O4/c1-13(11(15)16)7-10(14)9(12)6-8-2-4-17-5-3-8/h8-10,14H,2-7,12H2,1H3,(H,15,16)/t9-,10+/m0/s1. The largest absolute Gasteiger partial charge is 0.465 e. The number of carboxylic acid groups (broad SMARTS) is 1. The molecular formula is C11H22N2O4. The molecule has 0 aromatic carbocycles. The highest BCUT2D eigenvalue weighted by Crippen LogP contribution is 2.20. The van der Waals surface area contributed by atoms with Gasteiger partial charge in [-0.15, -0.1) is 0 Å². The number of hydrogen-bond donors (Lipinski definition) is 3. The first kappa shape index (κ1) is 14.2. The van der Waals surface area contributed by atoms with Gasteiger partial charge in [0.25, 0.3) is 0 Å². The molecule has 6 heteroatoms. The van der Waals surface area contributed by atoms with Crippen molar-refractivity contribution in [2.45, 2.75) is 31.4 Å². The van der Waals surface area contributed by atoms with E-state index in [-0.39, 0.29) is 12.6 Å². The Morgan fingerprint density at radius 1 is 1.53 bits per heavy atom. The highest BCUT2D eigenvalue weighted by atomic mass is 16.5. The Bertz CT molecular complexity index is 244. The summed E-state index contributed by atoms with van der Waals surface area (Å²) in [5.41, 5.74) is 5.89. The summed E-state index contributed by atoms with van der Waals surface area (Å²) < 4.78 is 5.25. The first-order chi connectivity index (χ1) is 8.00. The van der Waals surface area contributed by atoms with E-state index in [1.54, 1.807) is 0 Å². The second-order valence-corrected chi connectivity index (χ2v) is 4.69. The molecule has 1 fully saturated rings. The number of likely N-dealkylation sites (N-methyl/N-ethyl adjacent to an activating group) is 1. The molecule has 1 saturated heterocycles. The molecule has 0 radical (unpaired) electrons. The molecule has 17 heavy (non-hydrogen) atoms. The Labute approximate surface area is 101 Å². The second-order valence-electron chi connectivity index (χ2n) is 4.69. The molecule has 4 N–H and O–H groups in total. The van der Waals surface area contributed by atoms with Crippen molar-refractivity contribution < 1.29 is 19.7 Å². The summed E-state index contributed by atoms with van der Waals surface area (Å²) in [6, 6.07) is -0.375. The van der Waals surface area contributed by atoms with E-state index in [1.807, 2.05) is 0 Å². The predicted octanol–water partition coefficient (Wildman–Crippen LogP) is 0.101. The molecule has 1 rings (SSSR count). The minimum atomic E-state index is -1.05. The molecule has 1 aliphatic rings. The molecule has 1 aliphatic heterocycles. The lowest BCUT2D eigenvalue weighted by Gasteiger charge is -2.28. The van der Waals surface area contributed by atoms with Crippen molar-refractivity contribution >= 4 is 6.09 Å². The van der Waals surface area contributed by atoms with Crippen molar-refractivity contribution in [3.05, 3.63) is 0 Å². The quantitative estimate of drug-likeness (QED) is 0.639. The van der Waals surface area contributed by atoms with Gasteiger partial charge in [-0.25, -0.2) is 4.79 Å². The molecule has 0 aromatic rings. The van der Waals surface area contributed by atoms with Gasteiger partial charge in [-0.2, -0.15) is 0 Å². The topological polar surface area (TPSA) is 96.0 Å². The fourth-order valence-electron chi connectivity index (χ4n) is 2.02. The van der Waals surface area contributed by atoms with Gasteiger partial charge in [0.15, 0.2) is 0 Å². The number of aliphatic hydroxyl groups excluding tert-OH is 1. The van der Waals surface area contributed by atoms with Crippen molar-refractivity contribution in [2.24, 2.45) is 11.7 Å². The van der Waals surface area contributed by atoms with Crippen molar-refractivity contribution in [3.63, 3.8) is 0 Å². The van der Waals surface area contributed by atoms with Crippen LogP contribution in [0.3, 0.4) is 0 Å². The van der Waals surface area contributed by atoms with Crippen LogP contribution in [0, 0.1) is 5.92 Å². The van der Waals surface area contributed by atoms with Gasteiger partial charge >= 0.3 is 6.09 Å². The molecule has 100 valence electrons. The smallest absolute Gasteiger partial charge is 0.407 e. The van der Waals surface area contributed by atoms with Gasteiger partial charge in [-0.1, -0.05) is 0 Å². The lowest BCUT2D eigenvalue weighted by Crippen LogP contribution is -2.45. The summed E-state index contributed by atoms with van der Waals surface area (Å²) >= 11 is 0. The van der Waals surface area contributed by atoms with Gasteiger partial charge in [0.05, 0.1) is 12.6 Å². The number of rotatable bonds is 5. The van der Waals surface area contributed by atoms with E-state index in [2.05, 4.69) is 0 Å². The number of ether oxygens (including phenoxy) is 1. The number of hydrogen-bond acceptors (Lipinski definition) is 4. The summed E-state index contributed by atoms with van der Waals surface area (Å²) in [4.78, 5) is 11.7. The van der Waals surface area contributed by atoms with E-state index in [0.29, 0.717) is 5.92 Å². The lowest BCUT2D eigenvalue weighted by molar-refractivity contribution is 0.0468. The molecule has 0 bridgehead atoms. The Morgan fingerprint density at radius 3 is 2.65 bits per heavy atom. The molecular weight excluding hydrogens is 224 g/mol. The summed E-state index contributed by atoms with van der Waals surface area (Å²) in [6.07, 6.45) is 0.795. The van der Waals surface area contributed by atoms with Crippen LogP contribution in [0.5, 0.6) is 0 Å². The van der Waals surface area contributed by atoms with Crippen LogP contribution in [0.15, 0.2) is 0 Å². The number of amides is 1. The number of nitrogens with zero attached hydrogens (tertiary/aromatic N) is 1. The fourth-order valence-corrected chi connectivity index (χ4v) is 2.02. The third kappa shape index (κ3) is 4.89. The number of aliphatic hydroxyl groups is 1. The highest BCUT2D eigenvalue weighted by Gasteiger charge is 2.23. The van der Waals surface area contributed by atoms with E-state index < -0.39 is 12.2 Å². The van der Waals surface area contributed by atoms with E-state index in [0.717, 1.165) is 37.4 Å². The fraction of sp³-hybridized carbons (Fsp3) is 0.909. The van der Waals surface area contributed by atoms with Gasteiger partial charge in [0.2, 0.25) is 0 Å². The van der Waals surface area contributed by atoms with E-state index >= 15 is 0 Å². The molecule has 0 aromatic heterocycles. The van der Waals surface area contributed by atoms with Gasteiger partial charge in [-0.3, -0.25) is 0 Å². The van der Waals surface area contributed by atoms with Crippen molar-refractivity contribution in [3.8, 4) is 0 Å². The normalized spacial score (nSPS) is 20.9. The monoisotopic (exact) mass is 246 g/mol. The third-order valence-corrected chi connectivity index (χ3v) is 3.23. The molecule has 0 aliphatic carbocycles. The summed E-state index contributed by atoms with van der Waals surface area (Å²) in [7, 11) is 1.42. The first-order valence-corrected chi connectivity index (χ1v) is 5.96. The average molecular weight is 246 g/mol. The Morgan fingerprint density at radius 2 is 2.12 bits per heavy atom. The van der Waals surface area contributed by atoms with Crippen molar-refractivity contribution in [1.29, 1.82) is 0 Å². The Hall–Kier alpha value is -0.850. The minimum Gasteiger partial charge on any atom is -0.465 e. The maximum Gasteiger partial charge on any atom is 0.407 e. The maximum atomic E-state index is 10.6. The minimum absolute atomic E-state index is 0.0553. The summed E-state index contributed by atoms with van der Waals surface area (Å²) in [5.74, 6) is 0.475. The zero-order chi connectivity index (χ0) is 12.8. The van der Waals surface area contributed by atoms with Gasteiger partial charge in [0.1, 0.15) is 0 Å². The number of carbonyl (C=O) groups is 1. The van der Waals surface area contributed by atoms with Crippen LogP contribution in [0.1, 0.15) is 19.3 Å². The molecule has 6 nitrogen and oxygen atoms in total. The molecule has 0 saturated carbocycles. The SMILES string of the molecule is CN(C[C@@H](O)[C@@H](N)CC1CCOCC1)C(=O)O.